The smallest absolute Gasteiger partial charge is 0.265 e. The van der Waals surface area contributed by atoms with E-state index in [0.717, 1.165) is 34.4 Å². The van der Waals surface area contributed by atoms with E-state index in [-0.39, 0.29) is 24.4 Å². The minimum atomic E-state index is -0.0878. The minimum absolute atomic E-state index is 0. The number of rotatable bonds is 1. The third kappa shape index (κ3) is 2.73. The van der Waals surface area contributed by atoms with Crippen molar-refractivity contribution in [3.05, 3.63) is 29.1 Å². The topological polar surface area (TPSA) is 46.4 Å². The number of para-hydroxylation sites is 1. The summed E-state index contributed by atoms with van der Waals surface area (Å²) < 4.78 is 3.14. The van der Waals surface area contributed by atoms with Gasteiger partial charge in [0.2, 0.25) is 0 Å². The first-order valence-electron chi connectivity index (χ1n) is 6.12. The van der Waals surface area contributed by atoms with Crippen LogP contribution in [0.15, 0.2) is 29.3 Å². The van der Waals surface area contributed by atoms with E-state index in [1.807, 2.05) is 29.8 Å². The number of hydrogen-bond donors (Lipinski definition) is 1. The molecule has 19 heavy (non-hydrogen) atoms. The summed E-state index contributed by atoms with van der Waals surface area (Å²) in [4.78, 5) is 17.0. The van der Waals surface area contributed by atoms with Crippen LogP contribution in [0.25, 0.3) is 10.2 Å². The standard InChI is InChI=1S/C13H15N3OS.ClH/c1-16-10-6-2-3-7-11(10)18-13(16)15-12(17)9-5-4-8-14-9;/h2-3,6-7,9,14H,4-5,8H2,1H3;1H. The summed E-state index contributed by atoms with van der Waals surface area (Å²) in [7, 11) is 1.95. The van der Waals surface area contributed by atoms with Crippen LogP contribution in [0.3, 0.4) is 0 Å². The monoisotopic (exact) mass is 297 g/mol. The molecule has 0 radical (unpaired) electrons. The van der Waals surface area contributed by atoms with Crippen molar-refractivity contribution < 1.29 is 4.79 Å². The van der Waals surface area contributed by atoms with E-state index in [1.165, 1.54) is 0 Å². The maximum Gasteiger partial charge on any atom is 0.265 e. The number of aryl methyl sites for hydroxylation is 1. The van der Waals surface area contributed by atoms with Gasteiger partial charge in [0.1, 0.15) is 0 Å². The number of carbonyl (C=O) groups excluding carboxylic acids is 1. The number of carbonyl (C=O) groups is 1. The molecule has 3 rings (SSSR count). The molecule has 1 saturated heterocycles. The van der Waals surface area contributed by atoms with Crippen molar-refractivity contribution in [3.8, 4) is 0 Å². The van der Waals surface area contributed by atoms with Crippen LogP contribution in [0.1, 0.15) is 12.8 Å². The second kappa shape index (κ2) is 5.86. The largest absolute Gasteiger partial charge is 0.319 e. The highest BCUT2D eigenvalue weighted by atomic mass is 35.5. The summed E-state index contributed by atoms with van der Waals surface area (Å²) in [6.45, 7) is 0.921. The number of fused-ring (bicyclic) bond motifs is 1. The molecule has 2 heterocycles. The van der Waals surface area contributed by atoms with Crippen LogP contribution < -0.4 is 10.1 Å². The molecule has 0 bridgehead atoms. The molecule has 1 aliphatic heterocycles. The van der Waals surface area contributed by atoms with Gasteiger partial charge in [-0.1, -0.05) is 23.5 Å². The number of nitrogens with one attached hydrogen (secondary N) is 1. The van der Waals surface area contributed by atoms with Crippen molar-refractivity contribution in [1.29, 1.82) is 0 Å². The summed E-state index contributed by atoms with van der Waals surface area (Å²) in [6, 6.07) is 8.01. The molecule has 1 aromatic heterocycles. The Morgan fingerprint density at radius 1 is 1.47 bits per heavy atom. The summed E-state index contributed by atoms with van der Waals surface area (Å²) in [5.41, 5.74) is 1.12. The lowest BCUT2D eigenvalue weighted by molar-refractivity contribution is -0.119. The number of amides is 1. The molecule has 1 aromatic carbocycles. The molecule has 0 aliphatic carbocycles. The van der Waals surface area contributed by atoms with Gasteiger partial charge in [-0.25, -0.2) is 0 Å². The zero-order chi connectivity index (χ0) is 12.5. The Bertz CT molecular complexity index is 655. The zero-order valence-electron chi connectivity index (χ0n) is 10.6. The average molecular weight is 298 g/mol. The Morgan fingerprint density at radius 2 is 2.26 bits per heavy atom. The Hall–Kier alpha value is -1.17. The van der Waals surface area contributed by atoms with Gasteiger partial charge in [-0.3, -0.25) is 4.79 Å². The summed E-state index contributed by atoms with van der Waals surface area (Å²) in [5.74, 6) is -0.0466. The first-order chi connectivity index (χ1) is 8.75. The highest BCUT2D eigenvalue weighted by Gasteiger charge is 2.21. The molecular formula is C13H16ClN3OS. The molecule has 2 aromatic rings. The minimum Gasteiger partial charge on any atom is -0.319 e. The van der Waals surface area contributed by atoms with Crippen LogP contribution in [0, 0.1) is 0 Å². The number of nitrogens with zero attached hydrogens (tertiary/aromatic N) is 2. The Labute approximate surface area is 121 Å². The molecule has 4 nitrogen and oxygen atoms in total. The lowest BCUT2D eigenvalue weighted by Gasteiger charge is -2.02. The molecule has 1 unspecified atom stereocenters. The molecule has 1 N–H and O–H groups in total. The number of benzene rings is 1. The number of thiazole rings is 1. The van der Waals surface area contributed by atoms with E-state index in [9.17, 15) is 4.79 Å². The molecule has 1 atom stereocenters. The van der Waals surface area contributed by atoms with Crippen molar-refractivity contribution in [3.63, 3.8) is 0 Å². The molecule has 1 fully saturated rings. The lowest BCUT2D eigenvalue weighted by atomic mass is 10.2. The van der Waals surface area contributed by atoms with Crippen molar-refractivity contribution in [1.82, 2.24) is 9.88 Å². The van der Waals surface area contributed by atoms with Crippen LogP contribution in [0.2, 0.25) is 0 Å². The molecule has 1 aliphatic rings. The fourth-order valence-corrected chi connectivity index (χ4v) is 3.28. The fourth-order valence-electron chi connectivity index (χ4n) is 2.26. The van der Waals surface area contributed by atoms with E-state index in [2.05, 4.69) is 16.4 Å². The van der Waals surface area contributed by atoms with Crippen molar-refractivity contribution in [2.45, 2.75) is 18.9 Å². The summed E-state index contributed by atoms with van der Waals surface area (Å²) in [6.07, 6.45) is 1.96. The van der Waals surface area contributed by atoms with Crippen LogP contribution in [-0.4, -0.2) is 23.1 Å². The van der Waals surface area contributed by atoms with Gasteiger partial charge in [0.05, 0.1) is 16.3 Å². The zero-order valence-corrected chi connectivity index (χ0v) is 12.3. The van der Waals surface area contributed by atoms with Crippen LogP contribution in [0.4, 0.5) is 0 Å². The van der Waals surface area contributed by atoms with Crippen molar-refractivity contribution >= 4 is 39.9 Å². The first-order valence-corrected chi connectivity index (χ1v) is 6.94. The summed E-state index contributed by atoms with van der Waals surface area (Å²) >= 11 is 1.56. The van der Waals surface area contributed by atoms with Gasteiger partial charge in [0.15, 0.2) is 4.80 Å². The third-order valence-corrected chi connectivity index (χ3v) is 4.39. The maximum absolute atomic E-state index is 12.0. The van der Waals surface area contributed by atoms with Gasteiger partial charge in [-0.15, -0.1) is 12.4 Å². The molecule has 6 heteroatoms. The average Bonchev–Trinajstić information content (AvgIpc) is 3.00. The van der Waals surface area contributed by atoms with E-state index in [0.29, 0.717) is 0 Å². The van der Waals surface area contributed by atoms with Crippen LogP contribution in [0.5, 0.6) is 0 Å². The molecule has 102 valence electrons. The van der Waals surface area contributed by atoms with Gasteiger partial charge < -0.3 is 9.88 Å². The second-order valence-electron chi connectivity index (χ2n) is 4.51. The predicted octanol–water partition coefficient (Wildman–Crippen LogP) is 1.84. The van der Waals surface area contributed by atoms with E-state index in [4.69, 9.17) is 0 Å². The normalized spacial score (nSPS) is 19.6. The number of hydrogen-bond acceptors (Lipinski definition) is 3. The molecular weight excluding hydrogens is 282 g/mol. The first kappa shape index (κ1) is 14.2. The fraction of sp³-hybridized carbons (Fsp3) is 0.385. The van der Waals surface area contributed by atoms with Gasteiger partial charge in [0.25, 0.3) is 5.91 Å². The predicted molar refractivity (Wildman–Crippen MR) is 79.6 cm³/mol. The van der Waals surface area contributed by atoms with E-state index in [1.54, 1.807) is 11.3 Å². The summed E-state index contributed by atoms with van der Waals surface area (Å²) in [5, 5.41) is 3.18. The number of halogens is 1. The van der Waals surface area contributed by atoms with Gasteiger partial charge >= 0.3 is 0 Å². The van der Waals surface area contributed by atoms with Gasteiger partial charge in [-0.2, -0.15) is 4.99 Å². The van der Waals surface area contributed by atoms with Gasteiger partial charge in [-0.05, 0) is 31.5 Å². The van der Waals surface area contributed by atoms with Crippen molar-refractivity contribution in [2.24, 2.45) is 12.0 Å². The Morgan fingerprint density at radius 3 is 2.95 bits per heavy atom. The lowest BCUT2D eigenvalue weighted by Crippen LogP contribution is -2.31. The highest BCUT2D eigenvalue weighted by molar-refractivity contribution is 7.16. The highest BCUT2D eigenvalue weighted by Crippen LogP contribution is 2.15. The van der Waals surface area contributed by atoms with Crippen LogP contribution in [-0.2, 0) is 11.8 Å². The SMILES string of the molecule is Cl.Cn1c(=NC(=O)C2CCCN2)sc2ccccc21. The Kier molecular flexibility index (Phi) is 4.39. The quantitative estimate of drug-likeness (QED) is 0.873. The second-order valence-corrected chi connectivity index (χ2v) is 5.52. The van der Waals surface area contributed by atoms with Crippen molar-refractivity contribution in [2.75, 3.05) is 6.54 Å². The Balaban J connectivity index is 0.00000133. The van der Waals surface area contributed by atoms with E-state index < -0.39 is 0 Å². The van der Waals surface area contributed by atoms with E-state index >= 15 is 0 Å². The van der Waals surface area contributed by atoms with Gasteiger partial charge in [0, 0.05) is 7.05 Å². The molecule has 0 saturated carbocycles. The third-order valence-electron chi connectivity index (χ3n) is 3.28. The molecule has 1 amide bonds. The molecule has 0 spiro atoms. The van der Waals surface area contributed by atoms with Crippen LogP contribution >= 0.6 is 23.7 Å². The maximum atomic E-state index is 12.0. The number of aromatic nitrogens is 1.